The van der Waals surface area contributed by atoms with E-state index >= 15 is 0 Å². The third kappa shape index (κ3) is 3.03. The first-order valence-electron chi connectivity index (χ1n) is 7.88. The predicted octanol–water partition coefficient (Wildman–Crippen LogP) is 2.53. The predicted molar refractivity (Wildman–Crippen MR) is 90.3 cm³/mol. The first-order chi connectivity index (χ1) is 11.8. The van der Waals surface area contributed by atoms with Crippen LogP contribution in [-0.4, -0.2) is 46.4 Å². The largest absolute Gasteiger partial charge is 0.454 e. The topological polar surface area (TPSA) is 64.6 Å². The molecule has 1 atom stereocenters. The van der Waals surface area contributed by atoms with E-state index in [9.17, 15) is 4.79 Å². The van der Waals surface area contributed by atoms with Crippen molar-refractivity contribution in [2.45, 2.75) is 11.7 Å². The van der Waals surface area contributed by atoms with Crippen molar-refractivity contribution >= 4 is 17.7 Å². The van der Waals surface area contributed by atoms with Crippen molar-refractivity contribution in [2.75, 3.05) is 25.6 Å². The van der Waals surface area contributed by atoms with Crippen molar-refractivity contribution in [1.29, 1.82) is 0 Å². The number of benzene rings is 1. The zero-order valence-electron chi connectivity index (χ0n) is 13.1. The van der Waals surface area contributed by atoms with Crippen molar-refractivity contribution in [3.63, 3.8) is 0 Å². The fourth-order valence-corrected chi connectivity index (χ4v) is 4.15. The van der Waals surface area contributed by atoms with Crippen LogP contribution in [-0.2, 0) is 0 Å². The number of aromatic nitrogens is 2. The lowest BCUT2D eigenvalue weighted by Crippen LogP contribution is -2.33. The van der Waals surface area contributed by atoms with Crippen LogP contribution < -0.4 is 9.47 Å². The number of thioether (sulfide) groups is 1. The molecule has 0 bridgehead atoms. The standard InChI is InChI=1S/C17H17N3O3S/c21-17(13-10-18-4-5-19-13)20-6-3-16(24-8-7-20)12-1-2-14-15(9-12)23-11-22-14/h1-2,4-5,9-10,16H,3,6-8,11H2. The smallest absolute Gasteiger partial charge is 0.274 e. The highest BCUT2D eigenvalue weighted by atomic mass is 32.2. The van der Waals surface area contributed by atoms with Crippen LogP contribution in [0.15, 0.2) is 36.8 Å². The summed E-state index contributed by atoms with van der Waals surface area (Å²) in [6.07, 6.45) is 5.55. The summed E-state index contributed by atoms with van der Waals surface area (Å²) in [6, 6.07) is 6.11. The van der Waals surface area contributed by atoms with Crippen LogP contribution in [0.4, 0.5) is 0 Å². The summed E-state index contributed by atoms with van der Waals surface area (Å²) in [7, 11) is 0. The lowest BCUT2D eigenvalue weighted by atomic mass is 10.1. The van der Waals surface area contributed by atoms with Gasteiger partial charge in [0.05, 0.1) is 6.20 Å². The molecule has 124 valence electrons. The van der Waals surface area contributed by atoms with E-state index in [1.165, 1.54) is 11.8 Å². The van der Waals surface area contributed by atoms with Gasteiger partial charge in [-0.05, 0) is 24.1 Å². The Labute approximate surface area is 144 Å². The van der Waals surface area contributed by atoms with E-state index in [1.807, 2.05) is 22.7 Å². The molecule has 1 fully saturated rings. The van der Waals surface area contributed by atoms with Crippen molar-refractivity contribution in [2.24, 2.45) is 0 Å². The molecule has 0 spiro atoms. The molecule has 1 unspecified atom stereocenters. The Morgan fingerprint density at radius 2 is 2.12 bits per heavy atom. The molecular formula is C17H17N3O3S. The number of carbonyl (C=O) groups excluding carboxylic acids is 1. The van der Waals surface area contributed by atoms with Crippen molar-refractivity contribution < 1.29 is 14.3 Å². The zero-order chi connectivity index (χ0) is 16.4. The first-order valence-corrected chi connectivity index (χ1v) is 8.92. The average molecular weight is 343 g/mol. The van der Waals surface area contributed by atoms with Crippen LogP contribution in [0.2, 0.25) is 0 Å². The van der Waals surface area contributed by atoms with E-state index in [4.69, 9.17) is 9.47 Å². The Morgan fingerprint density at radius 1 is 1.21 bits per heavy atom. The number of hydrogen-bond acceptors (Lipinski definition) is 6. The molecular weight excluding hydrogens is 326 g/mol. The molecule has 1 aromatic carbocycles. The van der Waals surface area contributed by atoms with Gasteiger partial charge in [0.1, 0.15) is 5.69 Å². The van der Waals surface area contributed by atoms with Gasteiger partial charge in [0.25, 0.3) is 5.91 Å². The summed E-state index contributed by atoms with van der Waals surface area (Å²) in [4.78, 5) is 22.5. The lowest BCUT2D eigenvalue weighted by Gasteiger charge is -2.19. The Morgan fingerprint density at radius 3 is 3.00 bits per heavy atom. The van der Waals surface area contributed by atoms with Gasteiger partial charge in [-0.25, -0.2) is 4.98 Å². The lowest BCUT2D eigenvalue weighted by molar-refractivity contribution is 0.0760. The second-order valence-electron chi connectivity index (χ2n) is 5.64. The number of rotatable bonds is 2. The Bertz CT molecular complexity index is 741. The zero-order valence-corrected chi connectivity index (χ0v) is 13.9. The van der Waals surface area contributed by atoms with E-state index < -0.39 is 0 Å². The first kappa shape index (κ1) is 15.3. The monoisotopic (exact) mass is 343 g/mol. The van der Waals surface area contributed by atoms with Gasteiger partial charge in [0, 0.05) is 36.5 Å². The second-order valence-corrected chi connectivity index (χ2v) is 6.95. The normalized spacial score (nSPS) is 19.8. The van der Waals surface area contributed by atoms with Gasteiger partial charge in [-0.2, -0.15) is 11.8 Å². The van der Waals surface area contributed by atoms with Gasteiger partial charge >= 0.3 is 0 Å². The molecule has 2 aliphatic heterocycles. The molecule has 3 heterocycles. The Balaban J connectivity index is 1.46. The number of ether oxygens (including phenoxy) is 2. The molecule has 1 amide bonds. The van der Waals surface area contributed by atoms with Crippen LogP contribution in [0.3, 0.4) is 0 Å². The number of hydrogen-bond donors (Lipinski definition) is 0. The molecule has 1 saturated heterocycles. The van der Waals surface area contributed by atoms with E-state index in [-0.39, 0.29) is 12.7 Å². The maximum absolute atomic E-state index is 12.5. The minimum absolute atomic E-state index is 0.0463. The fourth-order valence-electron chi connectivity index (χ4n) is 2.92. The molecule has 0 N–H and O–H groups in total. The molecule has 24 heavy (non-hydrogen) atoms. The molecule has 7 heteroatoms. The Kier molecular flexibility index (Phi) is 4.25. The number of carbonyl (C=O) groups is 1. The highest BCUT2D eigenvalue weighted by molar-refractivity contribution is 7.99. The third-order valence-electron chi connectivity index (χ3n) is 4.18. The quantitative estimate of drug-likeness (QED) is 0.835. The van der Waals surface area contributed by atoms with E-state index in [0.717, 1.165) is 30.2 Å². The number of amides is 1. The van der Waals surface area contributed by atoms with Gasteiger partial charge in [0.15, 0.2) is 11.5 Å². The molecule has 2 aliphatic rings. The fraction of sp³-hybridized carbons (Fsp3) is 0.353. The molecule has 1 aromatic heterocycles. The Hall–Kier alpha value is -2.28. The molecule has 4 rings (SSSR count). The van der Waals surface area contributed by atoms with E-state index in [1.54, 1.807) is 12.4 Å². The minimum atomic E-state index is -0.0463. The van der Waals surface area contributed by atoms with Gasteiger partial charge in [-0.1, -0.05) is 6.07 Å². The number of nitrogens with zero attached hydrogens (tertiary/aromatic N) is 3. The van der Waals surface area contributed by atoms with E-state index in [2.05, 4.69) is 22.1 Å². The van der Waals surface area contributed by atoms with Crippen molar-refractivity contribution in [1.82, 2.24) is 14.9 Å². The summed E-state index contributed by atoms with van der Waals surface area (Å²) in [5, 5.41) is 0.346. The second kappa shape index (κ2) is 6.68. The van der Waals surface area contributed by atoms with E-state index in [0.29, 0.717) is 17.5 Å². The van der Waals surface area contributed by atoms with Crippen molar-refractivity contribution in [3.8, 4) is 11.5 Å². The summed E-state index contributed by atoms with van der Waals surface area (Å²) in [6.45, 7) is 1.72. The van der Waals surface area contributed by atoms with Gasteiger partial charge in [-0.15, -0.1) is 0 Å². The molecule has 0 aliphatic carbocycles. The summed E-state index contributed by atoms with van der Waals surface area (Å²) in [5.41, 5.74) is 1.63. The van der Waals surface area contributed by atoms with Gasteiger partial charge < -0.3 is 14.4 Å². The number of fused-ring (bicyclic) bond motifs is 1. The third-order valence-corrected chi connectivity index (χ3v) is 5.51. The minimum Gasteiger partial charge on any atom is -0.454 e. The molecule has 2 aromatic rings. The highest BCUT2D eigenvalue weighted by Crippen LogP contribution is 2.40. The summed E-state index contributed by atoms with van der Waals surface area (Å²) >= 11 is 1.87. The van der Waals surface area contributed by atoms with Gasteiger partial charge in [-0.3, -0.25) is 9.78 Å². The van der Waals surface area contributed by atoms with Crippen LogP contribution in [0, 0.1) is 0 Å². The van der Waals surface area contributed by atoms with Crippen LogP contribution in [0.1, 0.15) is 27.7 Å². The molecule has 6 nitrogen and oxygen atoms in total. The van der Waals surface area contributed by atoms with Crippen LogP contribution in [0.5, 0.6) is 11.5 Å². The average Bonchev–Trinajstić information content (AvgIpc) is 2.96. The summed E-state index contributed by atoms with van der Waals surface area (Å²) < 4.78 is 10.8. The van der Waals surface area contributed by atoms with Crippen LogP contribution >= 0.6 is 11.8 Å². The SMILES string of the molecule is O=C(c1cnccn1)N1CCSC(c2ccc3c(c2)OCO3)CC1. The molecule has 0 saturated carbocycles. The van der Waals surface area contributed by atoms with Gasteiger partial charge in [0.2, 0.25) is 6.79 Å². The maximum Gasteiger partial charge on any atom is 0.274 e. The van der Waals surface area contributed by atoms with Crippen LogP contribution in [0.25, 0.3) is 0 Å². The maximum atomic E-state index is 12.5. The summed E-state index contributed by atoms with van der Waals surface area (Å²) in [5.74, 6) is 2.46. The highest BCUT2D eigenvalue weighted by Gasteiger charge is 2.25. The van der Waals surface area contributed by atoms with Crippen molar-refractivity contribution in [3.05, 3.63) is 48.0 Å². The molecule has 0 radical (unpaired) electrons.